The molecule has 0 atom stereocenters. The normalized spacial score (nSPS) is 12.0. The van der Waals surface area contributed by atoms with Crippen LogP contribution in [0.5, 0.6) is 0 Å². The van der Waals surface area contributed by atoms with E-state index in [1.54, 1.807) is 0 Å². The Bertz CT molecular complexity index is 2520. The van der Waals surface area contributed by atoms with Gasteiger partial charge in [-0.2, -0.15) is 0 Å². The van der Waals surface area contributed by atoms with Crippen LogP contribution in [0.15, 0.2) is 170 Å². The van der Waals surface area contributed by atoms with Crippen molar-refractivity contribution in [2.45, 2.75) is 0 Å². The minimum Gasteiger partial charge on any atom is -0.309 e. The van der Waals surface area contributed by atoms with E-state index >= 15 is 0 Å². The van der Waals surface area contributed by atoms with Gasteiger partial charge in [0, 0.05) is 32.8 Å². The Morgan fingerprint density at radius 3 is 1.70 bits per heavy atom. The van der Waals surface area contributed by atoms with E-state index in [1.807, 2.05) is 12.1 Å². The molecule has 2 heteroatoms. The molecule has 0 fully saturated rings. The second kappa shape index (κ2) is 9.86. The summed E-state index contributed by atoms with van der Waals surface area (Å²) in [4.78, 5) is 0. The molecule has 9 rings (SSSR count). The molecular weight excluding hydrogens is 532 g/mol. The SMILES string of the molecule is [2H]c1ccc2c(c1)c1c3c4ccccc4n(-c4cc(-c5ccccc5)ccc4-c4ccccc4)c3ccc1n2-c1ccccc1. The van der Waals surface area contributed by atoms with Gasteiger partial charge in [0.15, 0.2) is 0 Å². The lowest BCUT2D eigenvalue weighted by atomic mass is 9.98. The molecule has 0 spiro atoms. The summed E-state index contributed by atoms with van der Waals surface area (Å²) in [6, 6.07) is 58.4. The number of benzene rings is 7. The van der Waals surface area contributed by atoms with Crippen molar-refractivity contribution in [3.05, 3.63) is 170 Å². The molecule has 0 saturated heterocycles. The molecule has 44 heavy (non-hydrogen) atoms. The van der Waals surface area contributed by atoms with E-state index in [1.165, 1.54) is 38.4 Å². The molecule has 206 valence electrons. The van der Waals surface area contributed by atoms with Crippen LogP contribution < -0.4 is 0 Å². The lowest BCUT2D eigenvalue weighted by Gasteiger charge is -2.16. The average Bonchev–Trinajstić information content (AvgIpc) is 3.61. The molecule has 0 aliphatic carbocycles. The zero-order chi connectivity index (χ0) is 29.9. The number of fused-ring (bicyclic) bond motifs is 7. The van der Waals surface area contributed by atoms with Gasteiger partial charge in [-0.15, -0.1) is 0 Å². The van der Waals surface area contributed by atoms with Crippen molar-refractivity contribution < 1.29 is 1.37 Å². The first-order chi connectivity index (χ1) is 22.3. The highest BCUT2D eigenvalue weighted by atomic mass is 15.0. The summed E-state index contributed by atoms with van der Waals surface area (Å²) >= 11 is 0. The van der Waals surface area contributed by atoms with Crippen molar-refractivity contribution in [2.75, 3.05) is 0 Å². The molecule has 0 amide bonds. The zero-order valence-electron chi connectivity index (χ0n) is 25.0. The Balaban J connectivity index is 1.45. The molecular formula is C42H28N2. The Kier molecular flexibility index (Phi) is 5.31. The topological polar surface area (TPSA) is 9.86 Å². The highest BCUT2D eigenvalue weighted by molar-refractivity contribution is 6.29. The van der Waals surface area contributed by atoms with Crippen molar-refractivity contribution in [1.29, 1.82) is 0 Å². The predicted molar refractivity (Wildman–Crippen MR) is 186 cm³/mol. The van der Waals surface area contributed by atoms with Crippen molar-refractivity contribution in [1.82, 2.24) is 9.13 Å². The van der Waals surface area contributed by atoms with E-state index in [4.69, 9.17) is 1.37 Å². The molecule has 0 bridgehead atoms. The van der Waals surface area contributed by atoms with Crippen molar-refractivity contribution in [2.24, 2.45) is 0 Å². The molecule has 2 heterocycles. The second-order valence-corrected chi connectivity index (χ2v) is 11.3. The summed E-state index contributed by atoms with van der Waals surface area (Å²) in [6.07, 6.45) is 0. The molecule has 0 unspecified atom stereocenters. The summed E-state index contributed by atoms with van der Waals surface area (Å²) in [5.41, 5.74) is 11.5. The highest BCUT2D eigenvalue weighted by Gasteiger charge is 2.21. The zero-order valence-corrected chi connectivity index (χ0v) is 24.0. The maximum atomic E-state index is 8.59. The number of hydrogen-bond acceptors (Lipinski definition) is 0. The monoisotopic (exact) mass is 561 g/mol. The molecule has 0 saturated carbocycles. The summed E-state index contributed by atoms with van der Waals surface area (Å²) in [5.74, 6) is 0. The van der Waals surface area contributed by atoms with Gasteiger partial charge >= 0.3 is 0 Å². The third-order valence-electron chi connectivity index (χ3n) is 8.85. The van der Waals surface area contributed by atoms with E-state index in [0.29, 0.717) is 6.04 Å². The minimum absolute atomic E-state index is 0.511. The third kappa shape index (κ3) is 3.68. The number of nitrogens with zero attached hydrogens (tertiary/aromatic N) is 2. The highest BCUT2D eigenvalue weighted by Crippen LogP contribution is 2.44. The lowest BCUT2D eigenvalue weighted by Crippen LogP contribution is -1.98. The van der Waals surface area contributed by atoms with Crippen molar-refractivity contribution in [3.63, 3.8) is 0 Å². The molecule has 0 N–H and O–H groups in total. The van der Waals surface area contributed by atoms with Crippen LogP contribution in [0.1, 0.15) is 1.37 Å². The summed E-state index contributed by atoms with van der Waals surface area (Å²) in [5, 5.41) is 4.68. The van der Waals surface area contributed by atoms with Crippen LogP contribution >= 0.6 is 0 Å². The van der Waals surface area contributed by atoms with E-state index in [0.717, 1.165) is 38.8 Å². The van der Waals surface area contributed by atoms with Crippen molar-refractivity contribution >= 4 is 43.6 Å². The smallest absolute Gasteiger partial charge is 0.0623 e. The van der Waals surface area contributed by atoms with Crippen LogP contribution in [0.25, 0.3) is 77.2 Å². The van der Waals surface area contributed by atoms with Gasteiger partial charge < -0.3 is 9.13 Å². The minimum atomic E-state index is 0.511. The maximum absolute atomic E-state index is 8.59. The van der Waals surface area contributed by atoms with Gasteiger partial charge in [-0.05, 0) is 59.2 Å². The van der Waals surface area contributed by atoms with E-state index in [-0.39, 0.29) is 0 Å². The van der Waals surface area contributed by atoms with Gasteiger partial charge in [-0.25, -0.2) is 0 Å². The number of para-hydroxylation sites is 3. The standard InChI is InChI=1S/C42H28N2/c1-4-14-29(15-5-1)31-24-25-33(30-16-6-2-7-17-30)40(28-31)44-37-23-13-11-21-35(37)42-39(44)27-26-38-41(42)34-20-10-12-22-36(34)43(38)32-18-8-3-9-19-32/h1-28H/i10D. The second-order valence-electron chi connectivity index (χ2n) is 11.3. The number of aromatic nitrogens is 2. The molecule has 0 aliphatic heterocycles. The van der Waals surface area contributed by atoms with E-state index in [2.05, 4.69) is 161 Å². The van der Waals surface area contributed by atoms with Gasteiger partial charge in [0.1, 0.15) is 0 Å². The number of hydrogen-bond donors (Lipinski definition) is 0. The predicted octanol–water partition coefficient (Wildman–Crippen LogP) is 11.2. The fraction of sp³-hybridized carbons (Fsp3) is 0. The summed E-state index contributed by atoms with van der Waals surface area (Å²) < 4.78 is 13.4. The summed E-state index contributed by atoms with van der Waals surface area (Å²) in [6.45, 7) is 0. The van der Waals surface area contributed by atoms with Gasteiger partial charge in [0.05, 0.1) is 29.1 Å². The fourth-order valence-electron chi connectivity index (χ4n) is 6.96. The summed E-state index contributed by atoms with van der Waals surface area (Å²) in [7, 11) is 0. The Labute approximate surface area is 257 Å². The molecule has 2 nitrogen and oxygen atoms in total. The Morgan fingerprint density at radius 1 is 0.386 bits per heavy atom. The Hall–Kier alpha value is -5.86. The van der Waals surface area contributed by atoms with Gasteiger partial charge in [-0.1, -0.05) is 127 Å². The molecule has 0 radical (unpaired) electrons. The van der Waals surface area contributed by atoms with Crippen LogP contribution in [0.3, 0.4) is 0 Å². The molecule has 2 aromatic heterocycles. The van der Waals surface area contributed by atoms with Gasteiger partial charge in [0.2, 0.25) is 0 Å². The van der Waals surface area contributed by atoms with Crippen LogP contribution in [0.2, 0.25) is 0 Å². The average molecular weight is 562 g/mol. The van der Waals surface area contributed by atoms with Crippen molar-refractivity contribution in [3.8, 4) is 33.6 Å². The van der Waals surface area contributed by atoms with E-state index < -0.39 is 0 Å². The quantitative estimate of drug-likeness (QED) is 0.202. The van der Waals surface area contributed by atoms with Gasteiger partial charge in [-0.3, -0.25) is 0 Å². The van der Waals surface area contributed by atoms with Crippen LogP contribution in [-0.2, 0) is 0 Å². The molecule has 9 aromatic rings. The largest absolute Gasteiger partial charge is 0.309 e. The van der Waals surface area contributed by atoms with Gasteiger partial charge in [0.25, 0.3) is 0 Å². The molecule has 7 aromatic carbocycles. The molecule has 0 aliphatic rings. The third-order valence-corrected chi connectivity index (χ3v) is 8.85. The first-order valence-corrected chi connectivity index (χ1v) is 15.0. The van der Waals surface area contributed by atoms with E-state index in [9.17, 15) is 0 Å². The maximum Gasteiger partial charge on any atom is 0.0623 e. The fourth-order valence-corrected chi connectivity index (χ4v) is 6.96. The van der Waals surface area contributed by atoms with Crippen LogP contribution in [-0.4, -0.2) is 9.13 Å². The van der Waals surface area contributed by atoms with Crippen LogP contribution in [0, 0.1) is 0 Å². The Morgan fingerprint density at radius 2 is 0.955 bits per heavy atom. The lowest BCUT2D eigenvalue weighted by molar-refractivity contribution is 1.17. The first kappa shape index (κ1) is 23.7. The first-order valence-electron chi connectivity index (χ1n) is 15.5. The number of rotatable bonds is 4. The van der Waals surface area contributed by atoms with Crippen LogP contribution in [0.4, 0.5) is 0 Å².